The quantitative estimate of drug-likeness (QED) is 0.583. The number of carbonyl (C=O) groups excluding carboxylic acids is 3. The Morgan fingerprint density at radius 3 is 1.97 bits per heavy atom. The van der Waals surface area contributed by atoms with Crippen LogP contribution in [0.2, 0.25) is 0 Å². The smallest absolute Gasteiger partial charge is 0.329 e. The number of urea groups is 1. The van der Waals surface area contributed by atoms with E-state index in [0.717, 1.165) is 0 Å². The molecule has 0 aliphatic rings. The maximum absolute atomic E-state index is 12.5. The number of carbonyl (C=O) groups is 3. The van der Waals surface area contributed by atoms with E-state index in [-0.39, 0.29) is 18.4 Å². The highest BCUT2D eigenvalue weighted by atomic mass is 16.5. The number of anilines is 1. The minimum absolute atomic E-state index is 0.193. The summed E-state index contributed by atoms with van der Waals surface area (Å²) < 4.78 is 5.25. The van der Waals surface area contributed by atoms with Crippen LogP contribution in [-0.4, -0.2) is 48.5 Å². The Morgan fingerprint density at radius 2 is 1.48 bits per heavy atom. The van der Waals surface area contributed by atoms with Gasteiger partial charge in [0.25, 0.3) is 5.91 Å². The fourth-order valence-electron chi connectivity index (χ4n) is 2.80. The second kappa shape index (κ2) is 12.1. The van der Waals surface area contributed by atoms with Crippen molar-refractivity contribution < 1.29 is 19.1 Å². The molecule has 0 spiro atoms. The van der Waals surface area contributed by atoms with Crippen LogP contribution in [0.1, 0.15) is 41.5 Å². The topological polar surface area (TPSA) is 87.7 Å². The fraction of sp³-hybridized carbons (Fsp3) is 0.591. The number of esters is 1. The zero-order chi connectivity index (χ0) is 22.0. The van der Waals surface area contributed by atoms with Gasteiger partial charge in [-0.15, -0.1) is 0 Å². The molecule has 0 fully saturated rings. The molecule has 1 atom stereocenters. The third-order valence-corrected chi connectivity index (χ3v) is 4.10. The minimum atomic E-state index is -0.852. The second-order valence-electron chi connectivity index (χ2n) is 8.38. The molecule has 29 heavy (non-hydrogen) atoms. The molecule has 1 aromatic rings. The number of amides is 3. The van der Waals surface area contributed by atoms with Crippen LogP contribution in [0.15, 0.2) is 30.3 Å². The first-order valence-electron chi connectivity index (χ1n) is 10.2. The number of hydrogen-bond donors (Lipinski definition) is 2. The average molecular weight is 406 g/mol. The number of ether oxygens (including phenoxy) is 1. The summed E-state index contributed by atoms with van der Waals surface area (Å²) in [5.41, 5.74) is 0.620. The van der Waals surface area contributed by atoms with Crippen molar-refractivity contribution in [1.82, 2.24) is 10.2 Å². The van der Waals surface area contributed by atoms with Crippen LogP contribution in [0.25, 0.3) is 0 Å². The van der Waals surface area contributed by atoms with Crippen molar-refractivity contribution >= 4 is 23.6 Å². The minimum Gasteiger partial charge on any atom is -0.454 e. The monoisotopic (exact) mass is 405 g/mol. The van der Waals surface area contributed by atoms with Crippen LogP contribution >= 0.6 is 0 Å². The lowest BCUT2D eigenvalue weighted by Crippen LogP contribution is -2.48. The van der Waals surface area contributed by atoms with Crippen LogP contribution in [-0.2, 0) is 14.3 Å². The Kier molecular flexibility index (Phi) is 10.2. The lowest BCUT2D eigenvalue weighted by Gasteiger charge is -2.27. The molecule has 0 aliphatic heterocycles. The Bertz CT molecular complexity index is 649. The molecule has 0 unspecified atom stereocenters. The predicted octanol–water partition coefficient (Wildman–Crippen LogP) is 3.52. The van der Waals surface area contributed by atoms with Crippen molar-refractivity contribution in [2.24, 2.45) is 17.8 Å². The van der Waals surface area contributed by atoms with Gasteiger partial charge in [0.2, 0.25) is 0 Å². The fourth-order valence-corrected chi connectivity index (χ4v) is 2.80. The number of para-hydroxylation sites is 1. The van der Waals surface area contributed by atoms with Crippen molar-refractivity contribution in [3.05, 3.63) is 30.3 Å². The van der Waals surface area contributed by atoms with Gasteiger partial charge in [-0.25, -0.2) is 9.59 Å². The molecule has 0 aliphatic carbocycles. The van der Waals surface area contributed by atoms with Crippen LogP contribution in [0.5, 0.6) is 0 Å². The first kappa shape index (κ1) is 24.5. The molecule has 162 valence electrons. The summed E-state index contributed by atoms with van der Waals surface area (Å²) in [4.78, 5) is 39.0. The van der Waals surface area contributed by atoms with Gasteiger partial charge in [0.15, 0.2) is 6.61 Å². The van der Waals surface area contributed by atoms with Crippen LogP contribution < -0.4 is 10.6 Å². The molecule has 0 radical (unpaired) electrons. The Labute approximate surface area is 174 Å². The molecule has 0 bridgehead atoms. The SMILES string of the molecule is CC(C)CN(CC(C)C)C(=O)COC(=O)[C@@H](NC(=O)Nc1ccccc1)C(C)C. The molecular formula is C22H35N3O4. The molecule has 2 N–H and O–H groups in total. The van der Waals surface area contributed by atoms with Crippen molar-refractivity contribution in [3.8, 4) is 0 Å². The van der Waals surface area contributed by atoms with E-state index in [2.05, 4.69) is 10.6 Å². The molecule has 0 saturated heterocycles. The van der Waals surface area contributed by atoms with Crippen molar-refractivity contribution in [2.75, 3.05) is 25.0 Å². The molecule has 1 rings (SSSR count). The highest BCUT2D eigenvalue weighted by molar-refractivity contribution is 5.93. The molecule has 7 heteroatoms. The highest BCUT2D eigenvalue weighted by Gasteiger charge is 2.27. The van der Waals surface area contributed by atoms with E-state index in [4.69, 9.17) is 4.74 Å². The van der Waals surface area contributed by atoms with Gasteiger partial charge in [0, 0.05) is 18.8 Å². The Hall–Kier alpha value is -2.57. The third kappa shape index (κ3) is 9.45. The predicted molar refractivity (Wildman–Crippen MR) is 114 cm³/mol. The van der Waals surface area contributed by atoms with Gasteiger partial charge in [-0.2, -0.15) is 0 Å². The van der Waals surface area contributed by atoms with Crippen LogP contribution in [0, 0.1) is 17.8 Å². The van der Waals surface area contributed by atoms with E-state index in [9.17, 15) is 14.4 Å². The summed E-state index contributed by atoms with van der Waals surface area (Å²) in [6, 6.07) is 7.59. The molecule has 0 aromatic heterocycles. The maximum Gasteiger partial charge on any atom is 0.329 e. The highest BCUT2D eigenvalue weighted by Crippen LogP contribution is 2.09. The van der Waals surface area contributed by atoms with Gasteiger partial charge in [0.05, 0.1) is 0 Å². The molecule has 0 heterocycles. The molecular weight excluding hydrogens is 370 g/mol. The summed E-state index contributed by atoms with van der Waals surface area (Å²) in [6.45, 7) is 12.7. The third-order valence-electron chi connectivity index (χ3n) is 4.10. The molecule has 1 aromatic carbocycles. The number of nitrogens with zero attached hydrogens (tertiary/aromatic N) is 1. The largest absolute Gasteiger partial charge is 0.454 e. The first-order chi connectivity index (χ1) is 13.6. The first-order valence-corrected chi connectivity index (χ1v) is 10.2. The molecule has 0 saturated carbocycles. The van der Waals surface area contributed by atoms with Crippen molar-refractivity contribution in [2.45, 2.75) is 47.6 Å². The summed E-state index contributed by atoms with van der Waals surface area (Å²) in [5, 5.41) is 5.31. The van der Waals surface area contributed by atoms with E-state index < -0.39 is 18.0 Å². The van der Waals surface area contributed by atoms with Crippen LogP contribution in [0.3, 0.4) is 0 Å². The number of benzene rings is 1. The Balaban J connectivity index is 2.64. The van der Waals surface area contributed by atoms with E-state index in [1.807, 2.05) is 33.8 Å². The lowest BCUT2D eigenvalue weighted by molar-refractivity contribution is -0.154. The summed E-state index contributed by atoms with van der Waals surface area (Å²) in [6.07, 6.45) is 0. The summed E-state index contributed by atoms with van der Waals surface area (Å²) in [7, 11) is 0. The standard InChI is InChI=1S/C22H35N3O4/c1-15(2)12-25(13-16(3)4)19(26)14-29-21(27)20(17(5)6)24-22(28)23-18-10-8-7-9-11-18/h7-11,15-17,20H,12-14H2,1-6H3,(H2,23,24,28)/t20-/m0/s1. The number of nitrogens with one attached hydrogen (secondary N) is 2. The normalized spacial score (nSPS) is 12.0. The number of rotatable bonds is 10. The van der Waals surface area contributed by atoms with Gasteiger partial charge in [-0.1, -0.05) is 59.7 Å². The molecule has 7 nitrogen and oxygen atoms in total. The van der Waals surface area contributed by atoms with E-state index in [1.165, 1.54) is 0 Å². The average Bonchev–Trinajstić information content (AvgIpc) is 2.63. The zero-order valence-electron chi connectivity index (χ0n) is 18.4. The second-order valence-corrected chi connectivity index (χ2v) is 8.38. The van der Waals surface area contributed by atoms with E-state index in [1.54, 1.807) is 43.0 Å². The van der Waals surface area contributed by atoms with Crippen LogP contribution in [0.4, 0.5) is 10.5 Å². The van der Waals surface area contributed by atoms with Gasteiger partial charge in [-0.05, 0) is 29.9 Å². The van der Waals surface area contributed by atoms with Crippen molar-refractivity contribution in [1.29, 1.82) is 0 Å². The van der Waals surface area contributed by atoms with E-state index >= 15 is 0 Å². The molecule has 3 amide bonds. The van der Waals surface area contributed by atoms with E-state index in [0.29, 0.717) is 30.6 Å². The van der Waals surface area contributed by atoms with Gasteiger partial charge in [0.1, 0.15) is 6.04 Å². The van der Waals surface area contributed by atoms with Gasteiger partial charge < -0.3 is 20.3 Å². The maximum atomic E-state index is 12.5. The van der Waals surface area contributed by atoms with Gasteiger partial charge >= 0.3 is 12.0 Å². The number of hydrogen-bond acceptors (Lipinski definition) is 4. The summed E-state index contributed by atoms with van der Waals surface area (Å²) in [5.74, 6) is -0.399. The lowest BCUT2D eigenvalue weighted by atomic mass is 10.1. The zero-order valence-corrected chi connectivity index (χ0v) is 18.4. The van der Waals surface area contributed by atoms with Gasteiger partial charge in [-0.3, -0.25) is 4.79 Å². The van der Waals surface area contributed by atoms with Crippen molar-refractivity contribution in [3.63, 3.8) is 0 Å². The summed E-state index contributed by atoms with van der Waals surface area (Å²) >= 11 is 0. The Morgan fingerprint density at radius 1 is 0.931 bits per heavy atom.